The number of allylic oxidation sites excluding steroid dienone is 4. The van der Waals surface area contributed by atoms with Crippen molar-refractivity contribution in [2.75, 3.05) is 24.5 Å². The quantitative estimate of drug-likeness (QED) is 0.472. The van der Waals surface area contributed by atoms with Crippen LogP contribution in [0.3, 0.4) is 0 Å². The number of Topliss-reactive ketones (excluding diaryl/α,β-unsaturated/α-hetero) is 2. The fraction of sp³-hybridized carbons (Fsp3) is 0.414. The number of carbonyl (C=O) groups excluding carboxylic acids is 3. The molecule has 0 bridgehead atoms. The Bertz CT molecular complexity index is 1300. The molecule has 0 unspecified atom stereocenters. The third-order valence-electron chi connectivity index (χ3n) is 7.60. The second kappa shape index (κ2) is 11.8. The third kappa shape index (κ3) is 6.03. The van der Waals surface area contributed by atoms with Crippen LogP contribution in [0.25, 0.3) is 0 Å². The molecule has 4 rings (SSSR count). The van der Waals surface area contributed by atoms with E-state index in [9.17, 15) is 23.2 Å². The number of hydrogen-bond donors (Lipinski definition) is 0. The summed E-state index contributed by atoms with van der Waals surface area (Å²) in [5.41, 5.74) is 2.17. The second-order valence-electron chi connectivity index (χ2n) is 10.0. The van der Waals surface area contributed by atoms with E-state index in [1.165, 1.54) is 12.1 Å². The summed E-state index contributed by atoms with van der Waals surface area (Å²) < 4.78 is 27.8. The van der Waals surface area contributed by atoms with Gasteiger partial charge in [-0.25, -0.2) is 13.8 Å². The molecule has 38 heavy (non-hydrogen) atoms. The molecule has 200 valence electrons. The Hall–Kier alpha value is -3.75. The van der Waals surface area contributed by atoms with E-state index >= 15 is 0 Å². The largest absolute Gasteiger partial charge is 0.351 e. The van der Waals surface area contributed by atoms with E-state index in [-0.39, 0.29) is 42.8 Å². The topological polar surface area (TPSA) is 83.5 Å². The molecule has 1 aromatic heterocycles. The molecule has 7 nitrogen and oxygen atoms in total. The zero-order chi connectivity index (χ0) is 27.4. The molecule has 9 heteroatoms. The van der Waals surface area contributed by atoms with Gasteiger partial charge in [0.15, 0.2) is 11.6 Å². The zero-order valence-electron chi connectivity index (χ0n) is 22.0. The van der Waals surface area contributed by atoms with E-state index in [4.69, 9.17) is 0 Å². The number of ketones is 2. The lowest BCUT2D eigenvalue weighted by molar-refractivity contribution is -0.132. The van der Waals surface area contributed by atoms with Crippen molar-refractivity contribution < 1.29 is 23.2 Å². The molecule has 1 fully saturated rings. The molecular formula is C29H32F2N4O3. The second-order valence-corrected chi connectivity index (χ2v) is 10.0. The predicted molar refractivity (Wildman–Crippen MR) is 139 cm³/mol. The monoisotopic (exact) mass is 522 g/mol. The van der Waals surface area contributed by atoms with Gasteiger partial charge >= 0.3 is 0 Å². The zero-order valence-corrected chi connectivity index (χ0v) is 22.0. The van der Waals surface area contributed by atoms with Crippen LogP contribution in [0.1, 0.15) is 52.0 Å². The highest BCUT2D eigenvalue weighted by atomic mass is 19.1. The summed E-state index contributed by atoms with van der Waals surface area (Å²) >= 11 is 0. The number of aromatic nitrogens is 2. The predicted octanol–water partition coefficient (Wildman–Crippen LogP) is 4.58. The van der Waals surface area contributed by atoms with Gasteiger partial charge in [-0.2, -0.15) is 0 Å². The van der Waals surface area contributed by atoms with Gasteiger partial charge in [-0.15, -0.1) is 0 Å². The maximum atomic E-state index is 14.4. The number of amides is 1. The molecule has 2 aromatic rings. The fourth-order valence-electron chi connectivity index (χ4n) is 5.07. The first-order valence-corrected chi connectivity index (χ1v) is 12.8. The summed E-state index contributed by atoms with van der Waals surface area (Å²) in [4.78, 5) is 50.2. The van der Waals surface area contributed by atoms with Crippen LogP contribution in [0, 0.1) is 17.6 Å². The lowest BCUT2D eigenvalue weighted by Gasteiger charge is -2.35. The van der Waals surface area contributed by atoms with Crippen molar-refractivity contribution in [2.45, 2.75) is 53.0 Å². The lowest BCUT2D eigenvalue weighted by atomic mass is 9.84. The molecule has 1 amide bonds. The van der Waals surface area contributed by atoms with E-state index in [2.05, 4.69) is 9.97 Å². The van der Waals surface area contributed by atoms with Gasteiger partial charge in [0.05, 0.1) is 6.20 Å². The van der Waals surface area contributed by atoms with E-state index in [0.29, 0.717) is 53.3 Å². The number of anilines is 1. The summed E-state index contributed by atoms with van der Waals surface area (Å²) in [6.45, 7) is 6.93. The van der Waals surface area contributed by atoms with Gasteiger partial charge in [0.2, 0.25) is 5.91 Å². The summed E-state index contributed by atoms with van der Waals surface area (Å²) in [7, 11) is 0. The molecule has 0 radical (unpaired) electrons. The molecule has 0 spiro atoms. The smallest absolute Gasteiger partial charge is 0.222 e. The maximum Gasteiger partial charge on any atom is 0.222 e. The van der Waals surface area contributed by atoms with Crippen LogP contribution in [0.4, 0.5) is 14.6 Å². The van der Waals surface area contributed by atoms with Crippen molar-refractivity contribution in [3.8, 4) is 0 Å². The van der Waals surface area contributed by atoms with Crippen molar-refractivity contribution in [2.24, 2.45) is 5.92 Å². The summed E-state index contributed by atoms with van der Waals surface area (Å²) in [5, 5.41) is 0. The molecule has 1 saturated heterocycles. The fourth-order valence-corrected chi connectivity index (χ4v) is 5.07. The number of hydrogen-bond acceptors (Lipinski definition) is 6. The van der Waals surface area contributed by atoms with E-state index < -0.39 is 11.6 Å². The summed E-state index contributed by atoms with van der Waals surface area (Å²) in [6, 6.07) is 3.56. The first-order valence-electron chi connectivity index (χ1n) is 12.8. The van der Waals surface area contributed by atoms with E-state index in [1.807, 2.05) is 9.80 Å². The van der Waals surface area contributed by atoms with E-state index in [1.54, 1.807) is 39.4 Å². The molecule has 0 atom stereocenters. The Morgan fingerprint density at radius 2 is 1.74 bits per heavy atom. The Morgan fingerprint density at radius 1 is 1.03 bits per heavy atom. The number of piperidine rings is 1. The lowest BCUT2D eigenvalue weighted by Crippen LogP contribution is -2.41. The number of likely N-dealkylation sites (tertiary alicyclic amines) is 1. The number of carbonyl (C=O) groups is 3. The van der Waals surface area contributed by atoms with Crippen molar-refractivity contribution in [3.63, 3.8) is 0 Å². The summed E-state index contributed by atoms with van der Waals surface area (Å²) in [6.07, 6.45) is 6.71. The van der Waals surface area contributed by atoms with Crippen LogP contribution in [0.2, 0.25) is 0 Å². The van der Waals surface area contributed by atoms with Crippen molar-refractivity contribution in [3.05, 3.63) is 76.3 Å². The van der Waals surface area contributed by atoms with Crippen LogP contribution in [-0.4, -0.2) is 52.0 Å². The Kier molecular flexibility index (Phi) is 8.44. The molecule has 1 aromatic carbocycles. The van der Waals surface area contributed by atoms with Crippen LogP contribution in [-0.2, 0) is 20.9 Å². The third-order valence-corrected chi connectivity index (χ3v) is 7.60. The average molecular weight is 523 g/mol. The molecule has 2 aliphatic rings. The SMILES string of the molecule is CC1=C(C)C(=O)C(CCC(=O)N2CCC(CN(Cc3ccc(F)cc3F)c3cnccn3)CC2)=C(C)C1=O. The molecule has 1 aliphatic heterocycles. The van der Waals surface area contributed by atoms with Gasteiger partial charge in [-0.1, -0.05) is 6.07 Å². The minimum absolute atomic E-state index is 0.0351. The number of halogens is 2. The van der Waals surface area contributed by atoms with Crippen LogP contribution in [0.15, 0.2) is 59.1 Å². The number of nitrogens with zero attached hydrogens (tertiary/aromatic N) is 4. The van der Waals surface area contributed by atoms with Gasteiger partial charge in [-0.05, 0) is 52.0 Å². The molecule has 2 heterocycles. The highest BCUT2D eigenvalue weighted by Crippen LogP contribution is 2.28. The number of rotatable bonds is 8. The van der Waals surface area contributed by atoms with Crippen molar-refractivity contribution >= 4 is 23.3 Å². The van der Waals surface area contributed by atoms with Gasteiger partial charge in [0, 0.05) is 78.9 Å². The van der Waals surface area contributed by atoms with Gasteiger partial charge < -0.3 is 9.80 Å². The van der Waals surface area contributed by atoms with E-state index in [0.717, 1.165) is 18.9 Å². The maximum absolute atomic E-state index is 14.4. The van der Waals surface area contributed by atoms with Gasteiger partial charge in [-0.3, -0.25) is 19.4 Å². The highest BCUT2D eigenvalue weighted by Gasteiger charge is 2.29. The minimum atomic E-state index is -0.623. The first kappa shape index (κ1) is 27.3. The molecule has 0 N–H and O–H groups in total. The van der Waals surface area contributed by atoms with Gasteiger partial charge in [0.1, 0.15) is 17.5 Å². The van der Waals surface area contributed by atoms with Crippen molar-refractivity contribution in [1.29, 1.82) is 0 Å². The molecule has 0 saturated carbocycles. The molecule has 1 aliphatic carbocycles. The Balaban J connectivity index is 1.35. The Labute approximate surface area is 221 Å². The standard InChI is InChI=1S/C29H32F2N4O3/c1-18-19(2)29(38)24(20(3)28(18)37)6-7-27(36)34-12-8-21(9-13-34)16-35(26-15-32-10-11-33-26)17-22-4-5-23(30)14-25(22)31/h4-5,10-11,14-15,21H,6-9,12-13,16-17H2,1-3H3. The summed E-state index contributed by atoms with van der Waals surface area (Å²) in [5.74, 6) is -0.698. The average Bonchev–Trinajstić information content (AvgIpc) is 2.92. The minimum Gasteiger partial charge on any atom is -0.351 e. The first-order chi connectivity index (χ1) is 18.2. The number of benzene rings is 1. The molecular weight excluding hydrogens is 490 g/mol. The van der Waals surface area contributed by atoms with Crippen LogP contribution < -0.4 is 4.90 Å². The van der Waals surface area contributed by atoms with Crippen LogP contribution in [0.5, 0.6) is 0 Å². The van der Waals surface area contributed by atoms with Crippen molar-refractivity contribution in [1.82, 2.24) is 14.9 Å². The van der Waals surface area contributed by atoms with Gasteiger partial charge in [0.25, 0.3) is 0 Å². The van der Waals surface area contributed by atoms with Crippen LogP contribution >= 0.6 is 0 Å². The normalized spacial score (nSPS) is 16.9. The Morgan fingerprint density at radius 3 is 2.39 bits per heavy atom. The highest BCUT2D eigenvalue weighted by molar-refractivity contribution is 6.24.